The van der Waals surface area contributed by atoms with Gasteiger partial charge in [0.2, 0.25) is 0 Å². The quantitative estimate of drug-likeness (QED) is 0.463. The number of hydrogen-bond acceptors (Lipinski definition) is 4. The van der Waals surface area contributed by atoms with E-state index in [2.05, 4.69) is 19.2 Å². The first-order valence-corrected chi connectivity index (χ1v) is 7.29. The summed E-state index contributed by atoms with van der Waals surface area (Å²) in [7, 11) is 0. The van der Waals surface area contributed by atoms with Crippen LogP contribution in [0.15, 0.2) is 18.2 Å². The zero-order valence-corrected chi connectivity index (χ0v) is 11.9. The molecule has 0 spiro atoms. The maximum Gasteiger partial charge on any atom is 0.292 e. The Hall–Kier alpha value is -1.23. The van der Waals surface area contributed by atoms with Crippen molar-refractivity contribution in [3.05, 3.63) is 33.9 Å². The molecule has 1 aromatic rings. The molecule has 1 aromatic carbocycles. The maximum atomic E-state index is 10.9. The zero-order chi connectivity index (χ0) is 13.5. The minimum absolute atomic E-state index is 0.149. The van der Waals surface area contributed by atoms with Crippen LogP contribution in [0.5, 0.6) is 0 Å². The van der Waals surface area contributed by atoms with Gasteiger partial charge in [-0.25, -0.2) is 0 Å². The summed E-state index contributed by atoms with van der Waals surface area (Å²) in [6.07, 6.45) is 1.00. The van der Waals surface area contributed by atoms with E-state index in [1.54, 1.807) is 12.1 Å². The Labute approximate surface area is 112 Å². The van der Waals surface area contributed by atoms with E-state index in [1.165, 1.54) is 0 Å². The third-order valence-corrected chi connectivity index (χ3v) is 3.58. The average Bonchev–Trinajstić information content (AvgIpc) is 2.29. The molecule has 0 aliphatic rings. The van der Waals surface area contributed by atoms with Crippen LogP contribution in [-0.4, -0.2) is 22.5 Å². The highest BCUT2D eigenvalue weighted by Gasteiger charge is 2.14. The largest absolute Gasteiger partial charge is 0.377 e. The van der Waals surface area contributed by atoms with Crippen LogP contribution >= 0.6 is 11.8 Å². The molecule has 5 heteroatoms. The van der Waals surface area contributed by atoms with E-state index in [0.717, 1.165) is 23.5 Å². The van der Waals surface area contributed by atoms with E-state index in [-0.39, 0.29) is 16.7 Å². The number of rotatable bonds is 7. The van der Waals surface area contributed by atoms with Gasteiger partial charge in [-0.05, 0) is 43.4 Å². The summed E-state index contributed by atoms with van der Waals surface area (Å²) < 4.78 is 0. The lowest BCUT2D eigenvalue weighted by Crippen LogP contribution is -2.17. The van der Waals surface area contributed by atoms with Gasteiger partial charge in [-0.2, -0.15) is 11.8 Å². The van der Waals surface area contributed by atoms with Crippen molar-refractivity contribution in [2.45, 2.75) is 33.2 Å². The van der Waals surface area contributed by atoms with E-state index in [4.69, 9.17) is 0 Å². The predicted molar refractivity (Wildman–Crippen MR) is 78.5 cm³/mol. The topological polar surface area (TPSA) is 55.2 Å². The summed E-state index contributed by atoms with van der Waals surface area (Å²) in [6, 6.07) is 5.40. The molecule has 0 fully saturated rings. The number of nitrogens with zero attached hydrogens (tertiary/aromatic N) is 1. The maximum absolute atomic E-state index is 10.9. The number of anilines is 1. The molecule has 0 amide bonds. The molecular weight excluding hydrogens is 248 g/mol. The minimum atomic E-state index is -0.338. The number of thioether (sulfide) groups is 1. The standard InChI is InChI=1S/C13H20N2O2S/c1-4-18-8-7-11(3)14-12-9-10(2)5-6-13(12)15(16)17/h5-6,9,11,14H,4,7-8H2,1-3H3. The number of aryl methyl sites for hydroxylation is 1. The Morgan fingerprint density at radius 2 is 2.22 bits per heavy atom. The van der Waals surface area contributed by atoms with E-state index in [1.807, 2.05) is 24.8 Å². The predicted octanol–water partition coefficient (Wildman–Crippen LogP) is 3.85. The van der Waals surface area contributed by atoms with Crippen LogP contribution < -0.4 is 5.32 Å². The van der Waals surface area contributed by atoms with Crippen molar-refractivity contribution >= 4 is 23.1 Å². The highest BCUT2D eigenvalue weighted by Crippen LogP contribution is 2.26. The van der Waals surface area contributed by atoms with Crippen LogP contribution in [0.2, 0.25) is 0 Å². The summed E-state index contributed by atoms with van der Waals surface area (Å²) in [6.45, 7) is 6.13. The third-order valence-electron chi connectivity index (χ3n) is 2.65. The molecule has 0 heterocycles. The molecule has 0 aliphatic heterocycles. The van der Waals surface area contributed by atoms with Crippen molar-refractivity contribution in [1.29, 1.82) is 0 Å². The fraction of sp³-hybridized carbons (Fsp3) is 0.538. The first kappa shape index (κ1) is 14.8. The Morgan fingerprint density at radius 3 is 2.83 bits per heavy atom. The van der Waals surface area contributed by atoms with Crippen molar-refractivity contribution in [3.8, 4) is 0 Å². The Bertz CT molecular complexity index is 410. The van der Waals surface area contributed by atoms with Crippen molar-refractivity contribution in [3.63, 3.8) is 0 Å². The Morgan fingerprint density at radius 1 is 1.50 bits per heavy atom. The Balaban J connectivity index is 2.70. The van der Waals surface area contributed by atoms with Crippen molar-refractivity contribution < 1.29 is 4.92 Å². The van der Waals surface area contributed by atoms with Crippen molar-refractivity contribution in [1.82, 2.24) is 0 Å². The fourth-order valence-electron chi connectivity index (χ4n) is 1.67. The Kier molecular flexibility index (Phi) is 5.98. The molecule has 1 rings (SSSR count). The van der Waals surface area contributed by atoms with E-state index in [9.17, 15) is 10.1 Å². The van der Waals surface area contributed by atoms with Crippen LogP contribution in [0.25, 0.3) is 0 Å². The summed E-state index contributed by atoms with van der Waals surface area (Å²) >= 11 is 1.89. The molecule has 0 aromatic heterocycles. The van der Waals surface area contributed by atoms with Gasteiger partial charge < -0.3 is 5.32 Å². The van der Waals surface area contributed by atoms with Crippen LogP contribution in [0.1, 0.15) is 25.8 Å². The summed E-state index contributed by atoms with van der Waals surface area (Å²) in [5.41, 5.74) is 1.79. The van der Waals surface area contributed by atoms with Gasteiger partial charge >= 0.3 is 0 Å². The van der Waals surface area contributed by atoms with Crippen LogP contribution in [0, 0.1) is 17.0 Å². The van der Waals surface area contributed by atoms with Gasteiger partial charge in [0.1, 0.15) is 5.69 Å². The van der Waals surface area contributed by atoms with Gasteiger partial charge in [0, 0.05) is 12.1 Å². The SMILES string of the molecule is CCSCCC(C)Nc1cc(C)ccc1[N+](=O)[O-]. The molecule has 0 saturated heterocycles. The number of nitro benzene ring substituents is 1. The second kappa shape index (κ2) is 7.26. The number of nitrogens with one attached hydrogen (secondary N) is 1. The van der Waals surface area contributed by atoms with Gasteiger partial charge in [0.05, 0.1) is 4.92 Å². The highest BCUT2D eigenvalue weighted by molar-refractivity contribution is 7.99. The molecule has 4 nitrogen and oxygen atoms in total. The molecule has 1 N–H and O–H groups in total. The van der Waals surface area contributed by atoms with E-state index < -0.39 is 0 Å². The average molecular weight is 268 g/mol. The zero-order valence-electron chi connectivity index (χ0n) is 11.1. The van der Waals surface area contributed by atoms with Crippen molar-refractivity contribution in [2.24, 2.45) is 0 Å². The lowest BCUT2D eigenvalue weighted by atomic mass is 10.1. The molecule has 0 saturated carbocycles. The summed E-state index contributed by atoms with van der Waals surface area (Å²) in [5.74, 6) is 2.18. The molecule has 100 valence electrons. The highest BCUT2D eigenvalue weighted by atomic mass is 32.2. The third kappa shape index (κ3) is 4.56. The molecule has 0 radical (unpaired) electrons. The molecular formula is C13H20N2O2S. The minimum Gasteiger partial charge on any atom is -0.377 e. The van der Waals surface area contributed by atoms with Crippen LogP contribution in [-0.2, 0) is 0 Å². The monoisotopic (exact) mass is 268 g/mol. The first-order valence-electron chi connectivity index (χ1n) is 6.14. The molecule has 1 unspecified atom stereocenters. The summed E-state index contributed by atoms with van der Waals surface area (Å²) in [5, 5.41) is 14.2. The first-order chi connectivity index (χ1) is 8.54. The number of hydrogen-bond donors (Lipinski definition) is 1. The van der Waals surface area contributed by atoms with Gasteiger partial charge in [0.15, 0.2) is 0 Å². The molecule has 1 atom stereocenters. The van der Waals surface area contributed by atoms with Gasteiger partial charge in [-0.1, -0.05) is 13.0 Å². The molecule has 0 bridgehead atoms. The van der Waals surface area contributed by atoms with E-state index >= 15 is 0 Å². The van der Waals surface area contributed by atoms with E-state index in [0.29, 0.717) is 5.69 Å². The molecule has 18 heavy (non-hydrogen) atoms. The van der Waals surface area contributed by atoms with Crippen LogP contribution in [0.3, 0.4) is 0 Å². The second-order valence-electron chi connectivity index (χ2n) is 4.31. The van der Waals surface area contributed by atoms with Gasteiger partial charge in [0.25, 0.3) is 5.69 Å². The second-order valence-corrected chi connectivity index (χ2v) is 5.70. The number of nitro groups is 1. The van der Waals surface area contributed by atoms with Gasteiger partial charge in [-0.3, -0.25) is 10.1 Å². The number of benzene rings is 1. The fourth-order valence-corrected chi connectivity index (χ4v) is 2.48. The van der Waals surface area contributed by atoms with Gasteiger partial charge in [-0.15, -0.1) is 0 Å². The van der Waals surface area contributed by atoms with Crippen LogP contribution in [0.4, 0.5) is 11.4 Å². The lowest BCUT2D eigenvalue weighted by molar-refractivity contribution is -0.384. The molecule has 0 aliphatic carbocycles. The lowest BCUT2D eigenvalue weighted by Gasteiger charge is -2.15. The smallest absolute Gasteiger partial charge is 0.292 e. The summed E-state index contributed by atoms with van der Waals surface area (Å²) in [4.78, 5) is 10.6. The normalized spacial score (nSPS) is 12.2. The van der Waals surface area contributed by atoms with Crippen molar-refractivity contribution in [2.75, 3.05) is 16.8 Å².